The number of hydrogen-bond donors (Lipinski definition) is 1. The molecule has 1 aliphatic rings. The second-order valence-corrected chi connectivity index (χ2v) is 10.5. The number of nitrogens with zero attached hydrogens (tertiary/aromatic N) is 7. The number of aromatic nitrogens is 4. The van der Waals surface area contributed by atoms with E-state index in [0.29, 0.717) is 60.6 Å². The molecular weight excluding hydrogens is 540 g/mol. The third kappa shape index (κ3) is 7.47. The summed E-state index contributed by atoms with van der Waals surface area (Å²) in [7, 11) is 3.39. The zero-order valence-electron chi connectivity index (χ0n) is 24.9. The van der Waals surface area contributed by atoms with Crippen molar-refractivity contribution < 1.29 is 23.8 Å². The summed E-state index contributed by atoms with van der Waals surface area (Å²) in [4.78, 5) is 48.2. The van der Waals surface area contributed by atoms with Gasteiger partial charge in [-0.05, 0) is 64.1 Å². The molecule has 1 saturated heterocycles. The zero-order chi connectivity index (χ0) is 30.4. The fraction of sp³-hybridized carbons (Fsp3) is 0.448. The Morgan fingerprint density at radius 2 is 1.62 bits per heavy atom. The summed E-state index contributed by atoms with van der Waals surface area (Å²) in [6.45, 7) is 10.00. The number of pyridine rings is 1. The Balaban J connectivity index is 1.57. The van der Waals surface area contributed by atoms with Gasteiger partial charge in [0.1, 0.15) is 5.75 Å². The minimum absolute atomic E-state index is 0.0422. The van der Waals surface area contributed by atoms with Crippen LogP contribution in [0.1, 0.15) is 50.0 Å². The van der Waals surface area contributed by atoms with Crippen LogP contribution in [0.2, 0.25) is 0 Å². The SMILES string of the molecule is CC(C)N(C(=O)OC(N)c1ccc(-c2nc(Oc3ccc(C(=O)N(C)C)cc3)nc(N3CCOCC3)n2)cn1)C(C)C. The first-order valence-electron chi connectivity index (χ1n) is 13.8. The van der Waals surface area contributed by atoms with E-state index in [4.69, 9.17) is 19.9 Å². The number of anilines is 1. The van der Waals surface area contributed by atoms with Crippen LogP contribution in [0.5, 0.6) is 11.8 Å². The topological polar surface area (TPSA) is 149 Å². The summed E-state index contributed by atoms with van der Waals surface area (Å²) < 4.78 is 16.9. The summed E-state index contributed by atoms with van der Waals surface area (Å²) in [6.07, 6.45) is 0.0113. The van der Waals surface area contributed by atoms with E-state index in [2.05, 4.69) is 19.9 Å². The normalized spacial score (nSPS) is 14.1. The second-order valence-electron chi connectivity index (χ2n) is 10.5. The third-order valence-electron chi connectivity index (χ3n) is 6.50. The molecular formula is C29H38N8O5. The van der Waals surface area contributed by atoms with E-state index in [0.717, 1.165) is 0 Å². The summed E-state index contributed by atoms with van der Waals surface area (Å²) in [5.41, 5.74) is 7.68. The summed E-state index contributed by atoms with van der Waals surface area (Å²) in [5.74, 6) is 1.14. The van der Waals surface area contributed by atoms with E-state index in [1.165, 1.54) is 4.90 Å². The van der Waals surface area contributed by atoms with Crippen LogP contribution in [0.4, 0.5) is 10.7 Å². The summed E-state index contributed by atoms with van der Waals surface area (Å²) in [5, 5.41) is 0. The van der Waals surface area contributed by atoms with Gasteiger partial charge >= 0.3 is 12.1 Å². The largest absolute Gasteiger partial charge is 0.424 e. The number of benzene rings is 1. The minimum atomic E-state index is -1.05. The molecule has 3 heterocycles. The number of hydrogen-bond acceptors (Lipinski definition) is 11. The molecule has 4 rings (SSSR count). The second kappa shape index (κ2) is 13.5. The molecule has 0 saturated carbocycles. The molecule has 1 fully saturated rings. The van der Waals surface area contributed by atoms with Gasteiger partial charge in [-0.25, -0.2) is 4.79 Å². The third-order valence-corrected chi connectivity index (χ3v) is 6.50. The number of morpholine rings is 1. The molecule has 2 aromatic heterocycles. The van der Waals surface area contributed by atoms with E-state index in [1.54, 1.807) is 61.6 Å². The average Bonchev–Trinajstić information content (AvgIpc) is 2.97. The van der Waals surface area contributed by atoms with Crippen LogP contribution in [0.25, 0.3) is 11.4 Å². The maximum Gasteiger partial charge on any atom is 0.412 e. The van der Waals surface area contributed by atoms with Crippen molar-refractivity contribution in [1.29, 1.82) is 0 Å². The predicted octanol–water partition coefficient (Wildman–Crippen LogP) is 3.48. The minimum Gasteiger partial charge on any atom is -0.424 e. The quantitative estimate of drug-likeness (QED) is 0.372. The predicted molar refractivity (Wildman–Crippen MR) is 156 cm³/mol. The molecule has 1 unspecified atom stereocenters. The maximum absolute atomic E-state index is 12.7. The molecule has 2 N–H and O–H groups in total. The lowest BCUT2D eigenvalue weighted by Crippen LogP contribution is -2.43. The number of nitrogens with two attached hydrogens (primary N) is 1. The van der Waals surface area contributed by atoms with Gasteiger partial charge in [-0.2, -0.15) is 15.0 Å². The standard InChI is InChI=1S/C29H38N8O5/c1-18(2)37(19(3)4)29(39)42-24(30)23-12-9-21(17-31-23)25-32-27(36-13-15-40-16-14-36)34-28(33-25)41-22-10-7-20(8-11-22)26(38)35(5)6/h7-12,17-19,24H,13-16,30H2,1-6H3. The Labute approximate surface area is 245 Å². The molecule has 42 heavy (non-hydrogen) atoms. The molecule has 1 aliphatic heterocycles. The van der Waals surface area contributed by atoms with Gasteiger partial charge in [-0.1, -0.05) is 0 Å². The Morgan fingerprint density at radius 3 is 2.19 bits per heavy atom. The smallest absolute Gasteiger partial charge is 0.412 e. The lowest BCUT2D eigenvalue weighted by atomic mass is 10.2. The van der Waals surface area contributed by atoms with Crippen molar-refractivity contribution in [3.05, 3.63) is 53.9 Å². The number of ether oxygens (including phenoxy) is 3. The monoisotopic (exact) mass is 578 g/mol. The van der Waals surface area contributed by atoms with Gasteiger partial charge in [0.15, 0.2) is 12.1 Å². The van der Waals surface area contributed by atoms with Crippen LogP contribution in [0.15, 0.2) is 42.6 Å². The Hall–Kier alpha value is -4.36. The Bertz CT molecular complexity index is 1350. The van der Waals surface area contributed by atoms with Crippen LogP contribution in [0, 0.1) is 0 Å². The fourth-order valence-corrected chi connectivity index (χ4v) is 4.41. The van der Waals surface area contributed by atoms with Gasteiger partial charge < -0.3 is 28.9 Å². The average molecular weight is 579 g/mol. The summed E-state index contributed by atoms with van der Waals surface area (Å²) in [6, 6.07) is 10.2. The van der Waals surface area contributed by atoms with Gasteiger partial charge in [0.25, 0.3) is 5.91 Å². The van der Waals surface area contributed by atoms with Crippen molar-refractivity contribution in [1.82, 2.24) is 29.7 Å². The molecule has 2 amide bonds. The number of carbonyl (C=O) groups excluding carboxylic acids is 2. The van der Waals surface area contributed by atoms with Crippen LogP contribution in [0.3, 0.4) is 0 Å². The van der Waals surface area contributed by atoms with E-state index in [-0.39, 0.29) is 24.0 Å². The number of carbonyl (C=O) groups is 2. The van der Waals surface area contributed by atoms with E-state index < -0.39 is 12.3 Å². The van der Waals surface area contributed by atoms with Crippen LogP contribution in [-0.2, 0) is 9.47 Å². The number of rotatable bonds is 9. The van der Waals surface area contributed by atoms with Crippen molar-refractivity contribution in [3.8, 4) is 23.1 Å². The summed E-state index contributed by atoms with van der Waals surface area (Å²) >= 11 is 0. The van der Waals surface area contributed by atoms with Crippen molar-refractivity contribution >= 4 is 17.9 Å². The lowest BCUT2D eigenvalue weighted by molar-refractivity contribution is 0.0455. The molecule has 1 aromatic carbocycles. The first kappa shape index (κ1) is 30.6. The van der Waals surface area contributed by atoms with Crippen LogP contribution in [-0.4, -0.2) is 94.2 Å². The van der Waals surface area contributed by atoms with Crippen molar-refractivity contribution in [2.24, 2.45) is 5.73 Å². The van der Waals surface area contributed by atoms with Gasteiger partial charge in [0.05, 0.1) is 18.9 Å². The van der Waals surface area contributed by atoms with Crippen molar-refractivity contribution in [2.75, 3.05) is 45.3 Å². The highest BCUT2D eigenvalue weighted by atomic mass is 16.6. The Kier molecular flexibility index (Phi) is 9.86. The maximum atomic E-state index is 12.7. The highest BCUT2D eigenvalue weighted by molar-refractivity contribution is 5.93. The molecule has 0 radical (unpaired) electrons. The van der Waals surface area contributed by atoms with Gasteiger partial charge in [-0.3, -0.25) is 15.5 Å². The first-order chi connectivity index (χ1) is 20.0. The molecule has 13 heteroatoms. The van der Waals surface area contributed by atoms with Crippen molar-refractivity contribution in [3.63, 3.8) is 0 Å². The van der Waals surface area contributed by atoms with E-state index in [1.807, 2.05) is 32.6 Å². The first-order valence-corrected chi connectivity index (χ1v) is 13.8. The van der Waals surface area contributed by atoms with Gasteiger partial charge in [-0.15, -0.1) is 0 Å². The van der Waals surface area contributed by atoms with E-state index in [9.17, 15) is 9.59 Å². The zero-order valence-corrected chi connectivity index (χ0v) is 24.9. The molecule has 224 valence electrons. The molecule has 0 bridgehead atoms. The number of amides is 2. The highest BCUT2D eigenvalue weighted by Crippen LogP contribution is 2.26. The molecule has 1 atom stereocenters. The molecule has 13 nitrogen and oxygen atoms in total. The Morgan fingerprint density at radius 1 is 0.952 bits per heavy atom. The van der Waals surface area contributed by atoms with Crippen molar-refractivity contribution in [2.45, 2.75) is 46.0 Å². The molecule has 0 spiro atoms. The molecule has 0 aliphatic carbocycles. The van der Waals surface area contributed by atoms with Gasteiger partial charge in [0, 0.05) is 56.6 Å². The van der Waals surface area contributed by atoms with Crippen LogP contribution < -0.4 is 15.4 Å². The highest BCUT2D eigenvalue weighted by Gasteiger charge is 2.25. The lowest BCUT2D eigenvalue weighted by Gasteiger charge is -2.30. The fourth-order valence-electron chi connectivity index (χ4n) is 4.41. The van der Waals surface area contributed by atoms with Gasteiger partial charge in [0.2, 0.25) is 5.95 Å². The molecule has 3 aromatic rings. The van der Waals surface area contributed by atoms with E-state index >= 15 is 0 Å². The van der Waals surface area contributed by atoms with Crippen LogP contribution >= 0.6 is 0 Å².